The molecule has 0 saturated carbocycles. The largest absolute Gasteiger partial charge is 0.453 e. The van der Waals surface area contributed by atoms with Gasteiger partial charge < -0.3 is 13.9 Å². The zero-order valence-corrected chi connectivity index (χ0v) is 32.3. The van der Waals surface area contributed by atoms with Crippen LogP contribution in [0.4, 0.5) is 17.1 Å². The van der Waals surface area contributed by atoms with Crippen molar-refractivity contribution in [3.8, 4) is 27.9 Å². The Balaban J connectivity index is 1.12. The van der Waals surface area contributed by atoms with E-state index in [1.807, 2.05) is 0 Å². The average molecular weight is 743 g/mol. The summed E-state index contributed by atoms with van der Waals surface area (Å²) in [6.07, 6.45) is 0. The first kappa shape index (κ1) is 32.8. The van der Waals surface area contributed by atoms with Crippen LogP contribution in [0.1, 0.15) is 25.0 Å². The second kappa shape index (κ2) is 12.3. The van der Waals surface area contributed by atoms with Crippen LogP contribution in [0.25, 0.3) is 82.5 Å². The van der Waals surface area contributed by atoms with Crippen LogP contribution in [0.5, 0.6) is 0 Å². The Morgan fingerprint density at radius 3 is 2.03 bits per heavy atom. The third-order valence-electron chi connectivity index (χ3n) is 12.6. The molecule has 9 aromatic carbocycles. The lowest BCUT2D eigenvalue weighted by Crippen LogP contribution is -2.14. The maximum Gasteiger partial charge on any atom is 0.159 e. The van der Waals surface area contributed by atoms with Gasteiger partial charge in [-0.2, -0.15) is 0 Å². The molecule has 0 bridgehead atoms. The van der Waals surface area contributed by atoms with Crippen LogP contribution in [0.2, 0.25) is 0 Å². The fourth-order valence-corrected chi connectivity index (χ4v) is 9.88. The van der Waals surface area contributed by atoms with Crippen molar-refractivity contribution < 1.29 is 4.42 Å². The van der Waals surface area contributed by atoms with Crippen LogP contribution in [0.15, 0.2) is 199 Å². The van der Waals surface area contributed by atoms with E-state index >= 15 is 0 Å². The Kier molecular flexibility index (Phi) is 6.98. The van der Waals surface area contributed by atoms with Crippen LogP contribution >= 0.6 is 0 Å². The third-order valence-corrected chi connectivity index (χ3v) is 12.6. The fraction of sp³-hybridized carbons (Fsp3) is 0.0545. The van der Waals surface area contributed by atoms with Gasteiger partial charge in [0.2, 0.25) is 0 Å². The first-order valence-corrected chi connectivity index (χ1v) is 20.1. The normalized spacial score (nSPS) is 13.1. The molecule has 12 rings (SSSR count). The lowest BCUT2D eigenvalue weighted by atomic mass is 9.82. The molecule has 274 valence electrons. The summed E-state index contributed by atoms with van der Waals surface area (Å²) in [5.41, 5.74) is 16.1. The Morgan fingerprint density at radius 1 is 0.448 bits per heavy atom. The predicted molar refractivity (Wildman–Crippen MR) is 243 cm³/mol. The van der Waals surface area contributed by atoms with E-state index in [0.29, 0.717) is 0 Å². The van der Waals surface area contributed by atoms with E-state index in [-0.39, 0.29) is 5.41 Å². The first-order chi connectivity index (χ1) is 28.5. The summed E-state index contributed by atoms with van der Waals surface area (Å²) < 4.78 is 9.41. The van der Waals surface area contributed by atoms with Gasteiger partial charge in [-0.25, -0.2) is 0 Å². The number of nitrogens with zero attached hydrogens (tertiary/aromatic N) is 2. The molecule has 0 N–H and O–H groups in total. The number of para-hydroxylation sites is 3. The van der Waals surface area contributed by atoms with Crippen LogP contribution in [0.3, 0.4) is 0 Å². The van der Waals surface area contributed by atoms with E-state index in [1.54, 1.807) is 0 Å². The molecule has 2 heterocycles. The van der Waals surface area contributed by atoms with E-state index in [2.05, 4.69) is 217 Å². The Morgan fingerprint density at radius 2 is 1.12 bits per heavy atom. The van der Waals surface area contributed by atoms with Gasteiger partial charge in [-0.05, 0) is 99.4 Å². The minimum absolute atomic E-state index is 0.0823. The van der Waals surface area contributed by atoms with Crippen LogP contribution in [0, 0.1) is 0 Å². The van der Waals surface area contributed by atoms with Crippen molar-refractivity contribution in [3.63, 3.8) is 0 Å². The Labute approximate surface area is 336 Å². The molecule has 1 aliphatic carbocycles. The monoisotopic (exact) mass is 742 g/mol. The molecule has 0 radical (unpaired) electrons. The number of anilines is 3. The maximum atomic E-state index is 7.03. The summed E-state index contributed by atoms with van der Waals surface area (Å²) >= 11 is 0. The Bertz CT molecular complexity index is 3440. The predicted octanol–water partition coefficient (Wildman–Crippen LogP) is 15.3. The van der Waals surface area contributed by atoms with Crippen LogP contribution in [-0.4, -0.2) is 4.57 Å². The van der Waals surface area contributed by atoms with Crippen molar-refractivity contribution >= 4 is 71.6 Å². The van der Waals surface area contributed by atoms with Gasteiger partial charge in [0.15, 0.2) is 5.58 Å². The van der Waals surface area contributed by atoms with Crippen molar-refractivity contribution in [2.24, 2.45) is 0 Å². The van der Waals surface area contributed by atoms with E-state index in [9.17, 15) is 0 Å². The van der Waals surface area contributed by atoms with Gasteiger partial charge in [0.25, 0.3) is 0 Å². The molecule has 0 atom stereocenters. The summed E-state index contributed by atoms with van der Waals surface area (Å²) in [6.45, 7) is 4.70. The van der Waals surface area contributed by atoms with Crippen molar-refractivity contribution in [2.45, 2.75) is 19.3 Å². The molecule has 11 aromatic rings. The first-order valence-electron chi connectivity index (χ1n) is 20.1. The summed E-state index contributed by atoms with van der Waals surface area (Å²) in [5, 5.41) is 6.91. The second-order valence-electron chi connectivity index (χ2n) is 16.1. The van der Waals surface area contributed by atoms with Gasteiger partial charge >= 0.3 is 0 Å². The van der Waals surface area contributed by atoms with Crippen molar-refractivity contribution in [1.82, 2.24) is 4.57 Å². The molecule has 0 spiro atoms. The minimum Gasteiger partial charge on any atom is -0.453 e. The number of aromatic nitrogens is 1. The highest BCUT2D eigenvalue weighted by Crippen LogP contribution is 2.53. The number of benzene rings is 9. The van der Waals surface area contributed by atoms with Crippen LogP contribution in [-0.2, 0) is 5.41 Å². The van der Waals surface area contributed by atoms with Crippen LogP contribution < -0.4 is 4.90 Å². The van der Waals surface area contributed by atoms with Crippen molar-refractivity contribution in [2.75, 3.05) is 4.90 Å². The number of hydrogen-bond acceptors (Lipinski definition) is 2. The minimum atomic E-state index is -0.0823. The summed E-state index contributed by atoms with van der Waals surface area (Å²) in [4.78, 5) is 2.39. The molecule has 3 heteroatoms. The zero-order valence-electron chi connectivity index (χ0n) is 32.3. The summed E-state index contributed by atoms with van der Waals surface area (Å²) in [7, 11) is 0. The van der Waals surface area contributed by atoms with Gasteiger partial charge in [-0.15, -0.1) is 0 Å². The van der Waals surface area contributed by atoms with Gasteiger partial charge in [-0.3, -0.25) is 0 Å². The fourth-order valence-electron chi connectivity index (χ4n) is 9.88. The highest BCUT2D eigenvalue weighted by atomic mass is 16.3. The smallest absolute Gasteiger partial charge is 0.159 e. The molecular weight excluding hydrogens is 705 g/mol. The number of rotatable bonds is 5. The van der Waals surface area contributed by atoms with E-state index in [4.69, 9.17) is 4.42 Å². The standard InChI is InChI=1S/C55H38N2O/c1-55(2)47-25-10-8-22-45(47)52-40(23-13-26-48(52)55)36-16-12-19-38(33-36)56(51-28-14-24-43-44-31-29-35-15-6-7-20-41(35)53(44)58-54(43)51)39-30-32-50-46(34-39)42-21-9-11-27-49(42)57(50)37-17-4-3-5-18-37/h3-34H,1-2H3. The molecule has 0 saturated heterocycles. The quantitative estimate of drug-likeness (QED) is 0.175. The SMILES string of the molecule is CC1(C)c2ccccc2-c2c(-c3cccc(N(c4ccc5c(c4)c4ccccc4n5-c4ccccc4)c4cccc5c4oc4c6ccccc6ccc54)c3)cccc21. The molecule has 0 fully saturated rings. The molecular formula is C55H38N2O. The molecule has 0 unspecified atom stereocenters. The van der Waals surface area contributed by atoms with E-state index in [1.165, 1.54) is 60.6 Å². The number of fused-ring (bicyclic) bond motifs is 11. The highest BCUT2D eigenvalue weighted by Gasteiger charge is 2.36. The van der Waals surface area contributed by atoms with Gasteiger partial charge in [0.05, 0.1) is 16.7 Å². The highest BCUT2D eigenvalue weighted by molar-refractivity contribution is 6.18. The molecule has 1 aliphatic rings. The van der Waals surface area contributed by atoms with Crippen molar-refractivity contribution in [1.29, 1.82) is 0 Å². The molecule has 58 heavy (non-hydrogen) atoms. The van der Waals surface area contributed by atoms with E-state index in [0.717, 1.165) is 50.1 Å². The maximum absolute atomic E-state index is 7.03. The van der Waals surface area contributed by atoms with Gasteiger partial charge in [0.1, 0.15) is 5.58 Å². The number of hydrogen-bond donors (Lipinski definition) is 0. The third kappa shape index (κ3) is 4.68. The molecule has 2 aromatic heterocycles. The summed E-state index contributed by atoms with van der Waals surface area (Å²) in [6, 6.07) is 70.6. The molecule has 0 aliphatic heterocycles. The second-order valence-corrected chi connectivity index (χ2v) is 16.1. The summed E-state index contributed by atoms with van der Waals surface area (Å²) in [5.74, 6) is 0. The van der Waals surface area contributed by atoms with Gasteiger partial charge in [-0.1, -0.05) is 147 Å². The van der Waals surface area contributed by atoms with Gasteiger partial charge in [0, 0.05) is 49.4 Å². The Hall–Kier alpha value is -7.36. The number of furan rings is 1. The molecule has 3 nitrogen and oxygen atoms in total. The van der Waals surface area contributed by atoms with Crippen molar-refractivity contribution in [3.05, 3.63) is 205 Å². The average Bonchev–Trinajstić information content (AvgIpc) is 3.90. The zero-order chi connectivity index (χ0) is 38.5. The lowest BCUT2D eigenvalue weighted by Gasteiger charge is -2.26. The van der Waals surface area contributed by atoms with E-state index < -0.39 is 0 Å². The molecule has 0 amide bonds. The topological polar surface area (TPSA) is 21.3 Å². The lowest BCUT2D eigenvalue weighted by molar-refractivity contribution is 0.660.